The van der Waals surface area contributed by atoms with Crippen LogP contribution in [0.1, 0.15) is 19.8 Å². The van der Waals surface area contributed by atoms with Gasteiger partial charge in [-0.1, -0.05) is 6.92 Å². The van der Waals surface area contributed by atoms with Crippen molar-refractivity contribution >= 4 is 0 Å². The molecule has 18 heavy (non-hydrogen) atoms. The Kier molecular flexibility index (Phi) is 5.63. The van der Waals surface area contributed by atoms with Gasteiger partial charge in [-0.05, 0) is 25.8 Å². The average Bonchev–Trinajstić information content (AvgIpc) is 2.28. The van der Waals surface area contributed by atoms with Gasteiger partial charge in [-0.15, -0.1) is 0 Å². The Morgan fingerprint density at radius 3 is 1.50 bits per heavy atom. The standard InChI is InChI=1S/C8H18N.C7H17N2/c2*1-8-4-6-9(2,3)7-5-8/h8H,4-7H2,1-3H3;4-7H2,1-3H3/q2*+1. The fourth-order valence-electron chi connectivity index (χ4n) is 2.50. The number of nitrogens with zero attached hydrogens (tertiary/aromatic N) is 3. The molecule has 2 aliphatic rings. The Morgan fingerprint density at radius 2 is 1.17 bits per heavy atom. The summed E-state index contributed by atoms with van der Waals surface area (Å²) in [7, 11) is 11.4. The Morgan fingerprint density at radius 1 is 0.778 bits per heavy atom. The molecule has 0 bridgehead atoms. The van der Waals surface area contributed by atoms with Gasteiger partial charge < -0.3 is 8.97 Å². The Hall–Kier alpha value is -0.120. The molecular weight excluding hydrogens is 222 g/mol. The third kappa shape index (κ3) is 6.17. The summed E-state index contributed by atoms with van der Waals surface area (Å²) in [5.74, 6) is 0.983. The summed E-state index contributed by atoms with van der Waals surface area (Å²) in [6.07, 6.45) is 2.85. The van der Waals surface area contributed by atoms with Crippen molar-refractivity contribution < 1.29 is 8.97 Å². The maximum absolute atomic E-state index is 2.39. The van der Waals surface area contributed by atoms with Crippen molar-refractivity contribution in [3.8, 4) is 0 Å². The van der Waals surface area contributed by atoms with Crippen LogP contribution in [0.5, 0.6) is 0 Å². The predicted octanol–water partition coefficient (Wildman–Crippen LogP) is 1.50. The highest BCUT2D eigenvalue weighted by molar-refractivity contribution is 4.57. The van der Waals surface area contributed by atoms with E-state index in [0.29, 0.717) is 0 Å². The lowest BCUT2D eigenvalue weighted by molar-refractivity contribution is -0.896. The Labute approximate surface area is 115 Å². The first-order valence-corrected chi connectivity index (χ1v) is 7.53. The van der Waals surface area contributed by atoms with E-state index in [9.17, 15) is 0 Å². The van der Waals surface area contributed by atoms with Gasteiger partial charge in [-0.3, -0.25) is 4.90 Å². The lowest BCUT2D eigenvalue weighted by Crippen LogP contribution is -2.53. The molecule has 2 saturated heterocycles. The van der Waals surface area contributed by atoms with Gasteiger partial charge in [0, 0.05) is 13.1 Å². The lowest BCUT2D eigenvalue weighted by atomic mass is 9.98. The first-order chi connectivity index (χ1) is 8.20. The largest absolute Gasteiger partial charge is 0.328 e. The molecule has 0 aromatic rings. The van der Waals surface area contributed by atoms with E-state index in [1.165, 1.54) is 61.1 Å². The molecule has 0 aliphatic carbocycles. The van der Waals surface area contributed by atoms with Crippen LogP contribution in [0.4, 0.5) is 0 Å². The summed E-state index contributed by atoms with van der Waals surface area (Å²) >= 11 is 0. The van der Waals surface area contributed by atoms with Gasteiger partial charge in [0.05, 0.1) is 54.4 Å². The first kappa shape index (κ1) is 15.9. The van der Waals surface area contributed by atoms with Gasteiger partial charge in [0.2, 0.25) is 0 Å². The van der Waals surface area contributed by atoms with Gasteiger partial charge >= 0.3 is 0 Å². The van der Waals surface area contributed by atoms with Crippen LogP contribution in [0.15, 0.2) is 0 Å². The van der Waals surface area contributed by atoms with Crippen LogP contribution < -0.4 is 0 Å². The number of rotatable bonds is 0. The molecule has 0 aromatic carbocycles. The molecule has 2 fully saturated rings. The van der Waals surface area contributed by atoms with E-state index in [0.717, 1.165) is 5.92 Å². The monoisotopic (exact) mass is 257 g/mol. The molecule has 108 valence electrons. The van der Waals surface area contributed by atoms with Gasteiger partial charge in [0.25, 0.3) is 0 Å². The minimum absolute atomic E-state index is 0.983. The van der Waals surface area contributed by atoms with E-state index in [-0.39, 0.29) is 0 Å². The van der Waals surface area contributed by atoms with Crippen molar-refractivity contribution in [1.82, 2.24) is 4.90 Å². The van der Waals surface area contributed by atoms with E-state index in [1.54, 1.807) is 0 Å². The van der Waals surface area contributed by atoms with Crippen LogP contribution in [0.3, 0.4) is 0 Å². The van der Waals surface area contributed by atoms with Crippen LogP contribution in [0, 0.1) is 5.92 Å². The fourth-order valence-corrected chi connectivity index (χ4v) is 2.50. The molecule has 0 unspecified atom stereocenters. The van der Waals surface area contributed by atoms with Crippen molar-refractivity contribution in [2.45, 2.75) is 19.8 Å². The zero-order chi connectivity index (χ0) is 13.8. The van der Waals surface area contributed by atoms with Crippen LogP contribution in [-0.2, 0) is 0 Å². The molecule has 0 saturated carbocycles. The zero-order valence-corrected chi connectivity index (χ0v) is 13.6. The minimum Gasteiger partial charge on any atom is -0.328 e. The topological polar surface area (TPSA) is 3.24 Å². The van der Waals surface area contributed by atoms with Crippen molar-refractivity contribution in [2.75, 3.05) is 74.5 Å². The Balaban J connectivity index is 0.000000180. The molecule has 2 aliphatic heterocycles. The molecule has 3 heteroatoms. The molecule has 0 spiro atoms. The predicted molar refractivity (Wildman–Crippen MR) is 79.6 cm³/mol. The summed E-state index contributed by atoms with van der Waals surface area (Å²) in [5, 5.41) is 0. The average molecular weight is 257 g/mol. The molecular formula is C15H35N3+2. The van der Waals surface area contributed by atoms with Crippen LogP contribution in [-0.4, -0.2) is 88.4 Å². The molecule has 2 heterocycles. The highest BCUT2D eigenvalue weighted by Crippen LogP contribution is 2.18. The molecule has 2 rings (SSSR count). The number of likely N-dealkylation sites (N-methyl/N-ethyl adjacent to an activating group) is 2. The number of piperazine rings is 1. The first-order valence-electron chi connectivity index (χ1n) is 7.53. The van der Waals surface area contributed by atoms with Crippen molar-refractivity contribution in [2.24, 2.45) is 5.92 Å². The third-order valence-corrected chi connectivity index (χ3v) is 4.63. The second-order valence-corrected chi connectivity index (χ2v) is 7.75. The fraction of sp³-hybridized carbons (Fsp3) is 1.00. The van der Waals surface area contributed by atoms with E-state index >= 15 is 0 Å². The lowest BCUT2D eigenvalue weighted by Gasteiger charge is -2.37. The number of hydrogen-bond donors (Lipinski definition) is 0. The maximum atomic E-state index is 2.39. The quantitative estimate of drug-likeness (QED) is 0.595. The molecule has 0 atom stereocenters. The molecule has 0 radical (unpaired) electrons. The summed E-state index contributed by atoms with van der Waals surface area (Å²) in [6, 6.07) is 0. The number of quaternary nitrogens is 2. The maximum Gasteiger partial charge on any atom is 0.0912 e. The number of piperidine rings is 1. The molecule has 3 nitrogen and oxygen atoms in total. The normalized spacial score (nSPS) is 28.3. The van der Waals surface area contributed by atoms with E-state index in [4.69, 9.17) is 0 Å². The highest BCUT2D eigenvalue weighted by Gasteiger charge is 2.22. The number of hydrogen-bond acceptors (Lipinski definition) is 1. The van der Waals surface area contributed by atoms with Crippen molar-refractivity contribution in [3.05, 3.63) is 0 Å². The summed E-state index contributed by atoms with van der Waals surface area (Å²) in [4.78, 5) is 2.39. The SMILES string of the molecule is CC1CC[N+](C)(C)CC1.CN1CC[N+](C)(C)CC1. The summed E-state index contributed by atoms with van der Waals surface area (Å²) in [5.41, 5.74) is 0. The third-order valence-electron chi connectivity index (χ3n) is 4.63. The van der Waals surface area contributed by atoms with Crippen molar-refractivity contribution in [1.29, 1.82) is 0 Å². The molecule has 0 amide bonds. The summed E-state index contributed by atoms with van der Waals surface area (Å²) < 4.78 is 2.44. The van der Waals surface area contributed by atoms with Crippen LogP contribution >= 0.6 is 0 Å². The van der Waals surface area contributed by atoms with E-state index < -0.39 is 0 Å². The second kappa shape index (κ2) is 6.36. The zero-order valence-electron chi connectivity index (χ0n) is 13.6. The molecule has 0 N–H and O–H groups in total. The van der Waals surface area contributed by atoms with Crippen LogP contribution in [0.25, 0.3) is 0 Å². The van der Waals surface area contributed by atoms with E-state index in [1.807, 2.05) is 0 Å². The van der Waals surface area contributed by atoms with E-state index in [2.05, 4.69) is 47.1 Å². The number of likely N-dealkylation sites (tertiary alicyclic amines) is 1. The second-order valence-electron chi connectivity index (χ2n) is 7.75. The van der Waals surface area contributed by atoms with Gasteiger partial charge in [-0.25, -0.2) is 0 Å². The van der Waals surface area contributed by atoms with Crippen molar-refractivity contribution in [3.63, 3.8) is 0 Å². The smallest absolute Gasteiger partial charge is 0.0912 e. The van der Waals surface area contributed by atoms with Gasteiger partial charge in [-0.2, -0.15) is 0 Å². The Bertz CT molecular complexity index is 202. The summed E-state index contributed by atoms with van der Waals surface area (Å²) in [6.45, 7) is 10.2. The van der Waals surface area contributed by atoms with Gasteiger partial charge in [0.15, 0.2) is 0 Å². The molecule has 0 aromatic heterocycles. The van der Waals surface area contributed by atoms with Crippen LogP contribution in [0.2, 0.25) is 0 Å². The van der Waals surface area contributed by atoms with Gasteiger partial charge in [0.1, 0.15) is 0 Å². The highest BCUT2D eigenvalue weighted by atomic mass is 15.4. The minimum atomic E-state index is 0.983.